The molecule has 0 fully saturated rings. The first-order valence-corrected chi connectivity index (χ1v) is 9.76. The second kappa shape index (κ2) is 7.83. The number of rotatable bonds is 5. The Labute approximate surface area is 184 Å². The molecule has 3 aromatic rings. The molecule has 1 aliphatic rings. The highest BCUT2D eigenvalue weighted by molar-refractivity contribution is 6.33. The number of aromatic hydroxyl groups is 1. The number of halogens is 3. The number of amides is 1. The first-order chi connectivity index (χ1) is 15.1. The summed E-state index contributed by atoms with van der Waals surface area (Å²) in [4.78, 5) is 41.2. The molecule has 0 unspecified atom stereocenters. The molecule has 0 aliphatic carbocycles. The topological polar surface area (TPSA) is 108 Å². The quantitative estimate of drug-likeness (QED) is 0.447. The third-order valence-corrected chi connectivity index (χ3v) is 5.70. The molecule has 1 aromatic heterocycles. The summed E-state index contributed by atoms with van der Waals surface area (Å²) in [6.07, 6.45) is 0.798. The number of benzene rings is 2. The van der Waals surface area contributed by atoms with Gasteiger partial charge in [-0.15, -0.1) is 0 Å². The van der Waals surface area contributed by atoms with E-state index in [2.05, 4.69) is 4.98 Å². The second-order valence-electron chi connectivity index (χ2n) is 7.52. The van der Waals surface area contributed by atoms with Gasteiger partial charge in [-0.25, -0.2) is 13.6 Å². The zero-order valence-corrected chi connectivity index (χ0v) is 17.3. The number of Topliss-reactive ketones (excluding diaryl/α,β-unsaturated/α-hetero) is 1. The number of aliphatic carboxylic acids is 1. The number of carboxylic acids is 1. The summed E-state index contributed by atoms with van der Waals surface area (Å²) in [5.41, 5.74) is 1.13. The van der Waals surface area contributed by atoms with Crippen LogP contribution in [0, 0.1) is 11.6 Å². The number of aromatic nitrogens is 1. The number of fused-ring (bicyclic) bond motifs is 2. The fourth-order valence-corrected chi connectivity index (χ4v) is 4.05. The number of nitrogens with zero attached hydrogens (tertiary/aromatic N) is 2. The Morgan fingerprint density at radius 1 is 1.22 bits per heavy atom. The Kier molecular flexibility index (Phi) is 5.29. The lowest BCUT2D eigenvalue weighted by molar-refractivity contribution is -0.148. The van der Waals surface area contributed by atoms with Crippen LogP contribution in [0.1, 0.15) is 32.6 Å². The minimum Gasteiger partial charge on any atom is -0.505 e. The van der Waals surface area contributed by atoms with E-state index in [-0.39, 0.29) is 51.3 Å². The van der Waals surface area contributed by atoms with Crippen molar-refractivity contribution in [3.05, 3.63) is 68.9 Å². The Morgan fingerprint density at radius 3 is 2.62 bits per heavy atom. The number of carbonyl (C=O) groups is 3. The van der Waals surface area contributed by atoms with Gasteiger partial charge in [-0.05, 0) is 34.4 Å². The smallest absolute Gasteiger partial charge is 0.372 e. The molecule has 0 bridgehead atoms. The van der Waals surface area contributed by atoms with Crippen molar-refractivity contribution in [3.63, 3.8) is 0 Å². The molecule has 0 saturated carbocycles. The normalized spacial score (nSPS) is 13.0. The van der Waals surface area contributed by atoms with E-state index in [1.165, 1.54) is 24.2 Å². The third kappa shape index (κ3) is 3.54. The molecule has 32 heavy (non-hydrogen) atoms. The van der Waals surface area contributed by atoms with Crippen LogP contribution in [-0.2, 0) is 29.0 Å². The monoisotopic (exact) mass is 460 g/mol. The number of carboxylic acid groups (broad SMARTS) is 1. The third-order valence-electron chi connectivity index (χ3n) is 5.41. The van der Waals surface area contributed by atoms with Gasteiger partial charge in [0.05, 0.1) is 10.6 Å². The van der Waals surface area contributed by atoms with Crippen molar-refractivity contribution < 1.29 is 33.4 Å². The molecule has 2 aromatic carbocycles. The number of carbonyl (C=O) groups excluding carboxylic acids is 2. The van der Waals surface area contributed by atoms with Crippen LogP contribution in [0.3, 0.4) is 0 Å². The Morgan fingerprint density at radius 2 is 1.94 bits per heavy atom. The van der Waals surface area contributed by atoms with Gasteiger partial charge in [0.25, 0.3) is 5.91 Å². The van der Waals surface area contributed by atoms with Crippen molar-refractivity contribution in [1.29, 1.82) is 0 Å². The minimum absolute atomic E-state index is 0.0157. The van der Waals surface area contributed by atoms with E-state index in [0.29, 0.717) is 17.2 Å². The van der Waals surface area contributed by atoms with E-state index >= 15 is 0 Å². The predicted octanol–water partition coefficient (Wildman–Crippen LogP) is 3.24. The van der Waals surface area contributed by atoms with Gasteiger partial charge < -0.3 is 15.1 Å². The molecule has 7 nitrogen and oxygen atoms in total. The van der Waals surface area contributed by atoms with Gasteiger partial charge in [-0.1, -0.05) is 11.6 Å². The summed E-state index contributed by atoms with van der Waals surface area (Å²) in [5, 5.41) is 19.8. The van der Waals surface area contributed by atoms with Crippen LogP contribution in [0.5, 0.6) is 5.75 Å². The average Bonchev–Trinajstić information content (AvgIpc) is 3.03. The molecular weight excluding hydrogens is 446 g/mol. The lowest BCUT2D eigenvalue weighted by atomic mass is 9.92. The average molecular weight is 461 g/mol. The number of ketones is 1. The highest BCUT2D eigenvalue weighted by atomic mass is 35.5. The Balaban J connectivity index is 1.90. The first-order valence-electron chi connectivity index (χ1n) is 9.38. The highest BCUT2D eigenvalue weighted by Gasteiger charge is 2.34. The molecule has 2 heterocycles. The van der Waals surface area contributed by atoms with Gasteiger partial charge >= 0.3 is 5.97 Å². The zero-order valence-electron chi connectivity index (χ0n) is 16.6. The maximum Gasteiger partial charge on any atom is 0.372 e. The van der Waals surface area contributed by atoms with Gasteiger partial charge in [0.1, 0.15) is 17.2 Å². The number of pyridine rings is 1. The van der Waals surface area contributed by atoms with Crippen LogP contribution in [0.25, 0.3) is 10.9 Å². The number of phenolic OH excluding ortho intramolecular Hbond substituents is 1. The molecule has 0 spiro atoms. The van der Waals surface area contributed by atoms with Gasteiger partial charge in [-0.2, -0.15) is 0 Å². The maximum absolute atomic E-state index is 14.2. The van der Waals surface area contributed by atoms with E-state index in [0.717, 1.165) is 6.07 Å². The maximum atomic E-state index is 14.2. The lowest BCUT2D eigenvalue weighted by Gasteiger charge is -2.14. The van der Waals surface area contributed by atoms with E-state index in [1.807, 2.05) is 0 Å². The van der Waals surface area contributed by atoms with E-state index in [4.69, 9.17) is 16.7 Å². The van der Waals surface area contributed by atoms with Crippen LogP contribution in [-0.4, -0.2) is 44.8 Å². The van der Waals surface area contributed by atoms with Crippen LogP contribution in [0.15, 0.2) is 24.4 Å². The minimum atomic E-state index is -1.63. The van der Waals surface area contributed by atoms with Gasteiger partial charge in [0.15, 0.2) is 5.75 Å². The van der Waals surface area contributed by atoms with Crippen LogP contribution < -0.4 is 0 Å². The van der Waals surface area contributed by atoms with Crippen molar-refractivity contribution in [3.8, 4) is 5.75 Å². The van der Waals surface area contributed by atoms with Crippen molar-refractivity contribution in [2.24, 2.45) is 0 Å². The number of hydrogen-bond donors (Lipinski definition) is 2. The summed E-state index contributed by atoms with van der Waals surface area (Å²) in [6.45, 7) is 0.0757. The Bertz CT molecular complexity index is 1340. The largest absolute Gasteiger partial charge is 0.505 e. The standard InChI is InChI=1S/C22H15ClF2N2O5/c1-27-8-13-11(5-17(28)22(31)32)12-3-9(2-10-4-14(23)16(25)6-15(10)24)7-26-19(12)20(29)18(13)21(27)30/h3-4,6-7,29H,2,5,8H2,1H3,(H,31,32). The molecule has 0 saturated heterocycles. The molecule has 10 heteroatoms. The number of phenols is 1. The van der Waals surface area contributed by atoms with Crippen LogP contribution in [0.4, 0.5) is 8.78 Å². The molecular formula is C22H15ClF2N2O5. The summed E-state index contributed by atoms with van der Waals surface area (Å²) in [5.74, 6) is -5.28. The van der Waals surface area contributed by atoms with Crippen LogP contribution in [0.2, 0.25) is 5.02 Å². The van der Waals surface area contributed by atoms with Crippen molar-refractivity contribution in [1.82, 2.24) is 9.88 Å². The fourth-order valence-electron chi connectivity index (χ4n) is 3.86. The fraction of sp³-hybridized carbons (Fsp3) is 0.182. The van der Waals surface area contributed by atoms with Gasteiger partial charge in [0, 0.05) is 44.1 Å². The van der Waals surface area contributed by atoms with Crippen LogP contribution >= 0.6 is 11.6 Å². The first kappa shape index (κ1) is 21.6. The summed E-state index contributed by atoms with van der Waals surface area (Å²) < 4.78 is 27.6. The van der Waals surface area contributed by atoms with Crippen molar-refractivity contribution >= 4 is 40.2 Å². The SMILES string of the molecule is CN1Cc2c(c(O)c3ncc(Cc4cc(Cl)c(F)cc4F)cc3c2CC(=O)C(=O)O)C1=O. The number of hydrogen-bond acceptors (Lipinski definition) is 5. The molecule has 1 amide bonds. The van der Waals surface area contributed by atoms with Crippen molar-refractivity contribution in [2.75, 3.05) is 7.05 Å². The molecule has 1 aliphatic heterocycles. The predicted molar refractivity (Wildman–Crippen MR) is 110 cm³/mol. The summed E-state index contributed by atoms with van der Waals surface area (Å²) in [7, 11) is 1.51. The molecule has 4 rings (SSSR count). The molecule has 0 atom stereocenters. The molecule has 2 N–H and O–H groups in total. The van der Waals surface area contributed by atoms with E-state index in [9.17, 15) is 28.3 Å². The van der Waals surface area contributed by atoms with Crippen molar-refractivity contribution in [2.45, 2.75) is 19.4 Å². The zero-order chi connectivity index (χ0) is 23.3. The van der Waals surface area contributed by atoms with Gasteiger partial charge in [0.2, 0.25) is 5.78 Å². The molecule has 164 valence electrons. The highest BCUT2D eigenvalue weighted by Crippen LogP contribution is 2.40. The van der Waals surface area contributed by atoms with E-state index in [1.54, 1.807) is 0 Å². The summed E-state index contributed by atoms with van der Waals surface area (Å²) >= 11 is 5.75. The van der Waals surface area contributed by atoms with E-state index < -0.39 is 35.7 Å². The Hall–Kier alpha value is -3.59. The van der Waals surface area contributed by atoms with Gasteiger partial charge in [-0.3, -0.25) is 14.6 Å². The summed E-state index contributed by atoms with van der Waals surface area (Å²) in [6, 6.07) is 3.36. The second-order valence-corrected chi connectivity index (χ2v) is 7.93. The molecule has 0 radical (unpaired) electrons. The lowest BCUT2D eigenvalue weighted by Crippen LogP contribution is -2.18.